The summed E-state index contributed by atoms with van der Waals surface area (Å²) >= 11 is 3.46. The van der Waals surface area contributed by atoms with E-state index in [0.717, 1.165) is 27.0 Å². The molecule has 2 heterocycles. The van der Waals surface area contributed by atoms with E-state index >= 15 is 0 Å². The number of hydrogen-bond acceptors (Lipinski definition) is 2. The molecule has 4 rings (SSSR count). The fourth-order valence-corrected chi connectivity index (χ4v) is 3.17. The first-order chi connectivity index (χ1) is 10.7. The van der Waals surface area contributed by atoms with Gasteiger partial charge >= 0.3 is 0 Å². The third kappa shape index (κ3) is 2.25. The molecule has 1 atom stereocenters. The molecule has 1 amide bonds. The second-order valence-electron chi connectivity index (χ2n) is 5.34. The Balaban J connectivity index is 1.71. The van der Waals surface area contributed by atoms with Gasteiger partial charge in [-0.3, -0.25) is 4.79 Å². The summed E-state index contributed by atoms with van der Waals surface area (Å²) in [6, 6.07) is 13.9. The smallest absolute Gasteiger partial charge is 0.256 e. The van der Waals surface area contributed by atoms with Crippen molar-refractivity contribution in [3.05, 3.63) is 70.2 Å². The largest absolute Gasteiger partial charge is 0.375 e. The average Bonchev–Trinajstić information content (AvgIpc) is 2.83. The molecule has 0 fully saturated rings. The number of fused-ring (bicyclic) bond motifs is 2. The molecule has 2 N–H and O–H groups in total. The van der Waals surface area contributed by atoms with Crippen LogP contribution in [0.25, 0.3) is 11.6 Å². The molecule has 2 aromatic carbocycles. The Kier molecular flexibility index (Phi) is 3.12. The van der Waals surface area contributed by atoms with Gasteiger partial charge in [0.2, 0.25) is 0 Å². The molecule has 0 saturated heterocycles. The van der Waals surface area contributed by atoms with Crippen LogP contribution in [0, 0.1) is 0 Å². The summed E-state index contributed by atoms with van der Waals surface area (Å²) < 4.78 is 0.964. The van der Waals surface area contributed by atoms with E-state index in [9.17, 15) is 4.79 Å². The molecule has 4 heteroatoms. The molecule has 2 aliphatic rings. The number of anilines is 2. The van der Waals surface area contributed by atoms with Gasteiger partial charge in [0.15, 0.2) is 0 Å². The van der Waals surface area contributed by atoms with Gasteiger partial charge in [-0.2, -0.15) is 0 Å². The number of benzene rings is 2. The first-order valence-corrected chi connectivity index (χ1v) is 7.87. The zero-order valence-electron chi connectivity index (χ0n) is 11.6. The Hall–Kier alpha value is -2.33. The summed E-state index contributed by atoms with van der Waals surface area (Å²) in [5, 5.41) is 6.34. The average molecular weight is 353 g/mol. The molecule has 0 spiro atoms. The number of amides is 1. The van der Waals surface area contributed by atoms with Crippen molar-refractivity contribution in [2.45, 2.75) is 6.04 Å². The molecule has 0 aliphatic carbocycles. The van der Waals surface area contributed by atoms with E-state index in [0.29, 0.717) is 5.57 Å². The number of halogens is 1. The van der Waals surface area contributed by atoms with Crippen molar-refractivity contribution in [2.75, 3.05) is 10.6 Å². The number of carbonyl (C=O) groups excluding carboxylic acids is 1. The molecule has 0 saturated carbocycles. The van der Waals surface area contributed by atoms with Gasteiger partial charge in [0.25, 0.3) is 5.91 Å². The molecule has 0 radical (unpaired) electrons. The van der Waals surface area contributed by atoms with Crippen LogP contribution in [0.15, 0.2) is 59.1 Å². The van der Waals surface area contributed by atoms with E-state index in [2.05, 4.69) is 44.8 Å². The quantitative estimate of drug-likeness (QED) is 0.751. The summed E-state index contributed by atoms with van der Waals surface area (Å²) in [5.74, 6) is -0.0536. The highest BCUT2D eigenvalue weighted by Gasteiger charge is 2.25. The number of para-hydroxylation sites is 1. The second kappa shape index (κ2) is 5.14. The van der Waals surface area contributed by atoms with Crippen molar-refractivity contribution >= 4 is 44.9 Å². The van der Waals surface area contributed by atoms with Crippen LogP contribution in [0.1, 0.15) is 11.1 Å². The molecular weight excluding hydrogens is 340 g/mol. The van der Waals surface area contributed by atoms with Gasteiger partial charge in [-0.25, -0.2) is 0 Å². The van der Waals surface area contributed by atoms with Gasteiger partial charge in [-0.05, 0) is 35.9 Å². The van der Waals surface area contributed by atoms with Gasteiger partial charge < -0.3 is 10.6 Å². The van der Waals surface area contributed by atoms with E-state index in [4.69, 9.17) is 0 Å². The maximum absolute atomic E-state index is 12.2. The second-order valence-corrected chi connectivity index (χ2v) is 6.26. The number of hydrogen-bond donors (Lipinski definition) is 2. The monoisotopic (exact) mass is 352 g/mol. The summed E-state index contributed by atoms with van der Waals surface area (Å²) in [7, 11) is 0. The Bertz CT molecular complexity index is 839. The van der Waals surface area contributed by atoms with Crippen LogP contribution in [-0.4, -0.2) is 11.9 Å². The van der Waals surface area contributed by atoms with Gasteiger partial charge in [0.1, 0.15) is 0 Å². The highest BCUT2D eigenvalue weighted by atomic mass is 79.9. The van der Waals surface area contributed by atoms with E-state index in [1.165, 1.54) is 0 Å². The Morgan fingerprint density at radius 3 is 2.86 bits per heavy atom. The summed E-state index contributed by atoms with van der Waals surface area (Å²) in [6.07, 6.45) is 6.13. The summed E-state index contributed by atoms with van der Waals surface area (Å²) in [5.41, 5.74) is 4.75. The van der Waals surface area contributed by atoms with Crippen LogP contribution >= 0.6 is 15.9 Å². The van der Waals surface area contributed by atoms with Crippen molar-refractivity contribution in [1.29, 1.82) is 0 Å². The van der Waals surface area contributed by atoms with Crippen molar-refractivity contribution in [1.82, 2.24) is 0 Å². The molecule has 1 unspecified atom stereocenters. The zero-order chi connectivity index (χ0) is 15.1. The lowest BCUT2D eigenvalue weighted by Gasteiger charge is -2.20. The zero-order valence-corrected chi connectivity index (χ0v) is 13.2. The maximum atomic E-state index is 12.2. The van der Waals surface area contributed by atoms with E-state index in [1.807, 2.05) is 42.5 Å². The topological polar surface area (TPSA) is 41.1 Å². The lowest BCUT2D eigenvalue weighted by atomic mass is 10.0. The number of carbonyl (C=O) groups is 1. The van der Waals surface area contributed by atoms with Crippen molar-refractivity contribution in [3.63, 3.8) is 0 Å². The molecular formula is C18H13BrN2O. The van der Waals surface area contributed by atoms with E-state index in [-0.39, 0.29) is 11.9 Å². The molecule has 2 aliphatic heterocycles. The van der Waals surface area contributed by atoms with E-state index < -0.39 is 0 Å². The lowest BCUT2D eigenvalue weighted by molar-refractivity contribution is -0.110. The van der Waals surface area contributed by atoms with Crippen LogP contribution < -0.4 is 10.6 Å². The van der Waals surface area contributed by atoms with Crippen molar-refractivity contribution in [2.24, 2.45) is 0 Å². The third-order valence-corrected chi connectivity index (χ3v) is 4.37. The fraction of sp³-hybridized carbons (Fsp3) is 0.0556. The van der Waals surface area contributed by atoms with Crippen LogP contribution in [0.4, 0.5) is 11.4 Å². The molecule has 2 aromatic rings. The maximum Gasteiger partial charge on any atom is 0.256 e. The summed E-state index contributed by atoms with van der Waals surface area (Å²) in [6.45, 7) is 0. The van der Waals surface area contributed by atoms with Crippen molar-refractivity contribution in [3.8, 4) is 0 Å². The van der Waals surface area contributed by atoms with Crippen molar-refractivity contribution < 1.29 is 4.79 Å². The number of nitrogens with one attached hydrogen (secondary N) is 2. The molecule has 108 valence electrons. The van der Waals surface area contributed by atoms with E-state index in [1.54, 1.807) is 0 Å². The highest BCUT2D eigenvalue weighted by Crippen LogP contribution is 2.35. The minimum atomic E-state index is -0.0536. The van der Waals surface area contributed by atoms with Crippen LogP contribution in [0.5, 0.6) is 0 Å². The normalized spacial score (nSPS) is 20.3. The van der Waals surface area contributed by atoms with Gasteiger partial charge in [-0.15, -0.1) is 0 Å². The lowest BCUT2D eigenvalue weighted by Crippen LogP contribution is -2.19. The third-order valence-electron chi connectivity index (χ3n) is 3.88. The molecule has 3 nitrogen and oxygen atoms in total. The Morgan fingerprint density at radius 1 is 1.09 bits per heavy atom. The molecule has 0 bridgehead atoms. The molecule has 0 aromatic heterocycles. The summed E-state index contributed by atoms with van der Waals surface area (Å²) in [4.78, 5) is 12.2. The Morgan fingerprint density at radius 2 is 1.95 bits per heavy atom. The van der Waals surface area contributed by atoms with Gasteiger partial charge in [-0.1, -0.05) is 46.3 Å². The minimum absolute atomic E-state index is 0.000539. The van der Waals surface area contributed by atoms with Gasteiger partial charge in [0, 0.05) is 27.0 Å². The van der Waals surface area contributed by atoms with Gasteiger partial charge in [0.05, 0.1) is 6.04 Å². The highest BCUT2D eigenvalue weighted by molar-refractivity contribution is 9.10. The predicted octanol–water partition coefficient (Wildman–Crippen LogP) is 4.29. The first kappa shape index (κ1) is 13.3. The van der Waals surface area contributed by atoms with Crippen LogP contribution in [-0.2, 0) is 4.79 Å². The SMILES string of the molecule is O=C1Nc2ccc(Br)cc2/C1=C\C1C=Cc2ccccc2N1. The Labute approximate surface area is 136 Å². The predicted molar refractivity (Wildman–Crippen MR) is 93.6 cm³/mol. The minimum Gasteiger partial charge on any atom is -0.375 e. The van der Waals surface area contributed by atoms with Crippen LogP contribution in [0.2, 0.25) is 0 Å². The fourth-order valence-electron chi connectivity index (χ4n) is 2.81. The standard InChI is InChI=1S/C18H13BrN2O/c19-12-6-8-17-14(9-12)15(18(22)21-17)10-13-7-5-11-3-1-2-4-16(11)20-13/h1-10,13,20H,(H,21,22)/b15-10+. The number of rotatable bonds is 1. The van der Waals surface area contributed by atoms with Crippen LogP contribution in [0.3, 0.4) is 0 Å². The molecule has 22 heavy (non-hydrogen) atoms. The first-order valence-electron chi connectivity index (χ1n) is 7.07.